The number of rotatable bonds is 6. The number of nitrogens with zero attached hydrogens (tertiary/aromatic N) is 3. The zero-order valence-corrected chi connectivity index (χ0v) is 20.3. The fourth-order valence-corrected chi connectivity index (χ4v) is 7.40. The van der Waals surface area contributed by atoms with Gasteiger partial charge in [0.15, 0.2) is 0 Å². The highest BCUT2D eigenvalue weighted by atomic mass is 35.5. The van der Waals surface area contributed by atoms with Crippen LogP contribution in [0.5, 0.6) is 0 Å². The Hall–Kier alpha value is -1.65. The van der Waals surface area contributed by atoms with Crippen LogP contribution in [0.25, 0.3) is 0 Å². The number of hydrogen-bond acceptors (Lipinski definition) is 5. The molecule has 0 aliphatic carbocycles. The fraction of sp³-hybridized carbons (Fsp3) is 0.500. The van der Waals surface area contributed by atoms with E-state index in [4.69, 9.17) is 11.6 Å². The Morgan fingerprint density at radius 3 is 2.50 bits per heavy atom. The van der Waals surface area contributed by atoms with Crippen LogP contribution in [0.3, 0.4) is 0 Å². The van der Waals surface area contributed by atoms with Gasteiger partial charge in [0.2, 0.25) is 0 Å². The molecule has 2 saturated heterocycles. The number of piperazine rings is 1. The molecule has 2 amide bonds. The van der Waals surface area contributed by atoms with Crippen molar-refractivity contribution in [3.63, 3.8) is 0 Å². The minimum absolute atomic E-state index is 0.110. The van der Waals surface area contributed by atoms with E-state index in [2.05, 4.69) is 34.5 Å². The van der Waals surface area contributed by atoms with E-state index < -0.39 is 10.0 Å². The summed E-state index contributed by atoms with van der Waals surface area (Å²) in [5.74, 6) is 0.432. The van der Waals surface area contributed by atoms with Gasteiger partial charge in [0.1, 0.15) is 4.21 Å². The molecule has 2 aliphatic rings. The van der Waals surface area contributed by atoms with Gasteiger partial charge in [-0.1, -0.05) is 41.9 Å². The lowest BCUT2D eigenvalue weighted by Gasteiger charge is -2.35. The van der Waals surface area contributed by atoms with Gasteiger partial charge in [0, 0.05) is 45.8 Å². The quantitative estimate of drug-likeness (QED) is 0.665. The van der Waals surface area contributed by atoms with Gasteiger partial charge < -0.3 is 10.2 Å². The zero-order valence-electron chi connectivity index (χ0n) is 18.0. The molecule has 1 atom stereocenters. The molecule has 1 aromatic carbocycles. The highest BCUT2D eigenvalue weighted by molar-refractivity contribution is 7.91. The van der Waals surface area contributed by atoms with Crippen LogP contribution in [0.2, 0.25) is 4.34 Å². The monoisotopic (exact) mass is 496 g/mol. The van der Waals surface area contributed by atoms with Crippen molar-refractivity contribution >= 4 is 39.0 Å². The van der Waals surface area contributed by atoms with Crippen LogP contribution in [0.15, 0.2) is 46.7 Å². The summed E-state index contributed by atoms with van der Waals surface area (Å²) in [5, 5.41) is 3.07. The molecule has 2 aliphatic heterocycles. The third-order valence-corrected chi connectivity index (χ3v) is 9.66. The van der Waals surface area contributed by atoms with Crippen molar-refractivity contribution < 1.29 is 13.2 Å². The molecule has 2 aromatic rings. The number of carbonyl (C=O) groups excluding carboxylic acids is 1. The summed E-state index contributed by atoms with van der Waals surface area (Å²) < 4.78 is 27.6. The van der Waals surface area contributed by atoms with Gasteiger partial charge in [-0.2, -0.15) is 4.31 Å². The van der Waals surface area contributed by atoms with E-state index in [0.717, 1.165) is 43.8 Å². The van der Waals surface area contributed by atoms with Gasteiger partial charge in [-0.15, -0.1) is 11.3 Å². The number of urea groups is 1. The van der Waals surface area contributed by atoms with Crippen molar-refractivity contribution in [3.8, 4) is 0 Å². The smallest absolute Gasteiger partial charge is 0.317 e. The molecule has 3 heterocycles. The number of benzene rings is 1. The molecule has 0 saturated carbocycles. The van der Waals surface area contributed by atoms with E-state index in [1.54, 1.807) is 11.0 Å². The largest absolute Gasteiger partial charge is 0.338 e. The van der Waals surface area contributed by atoms with Crippen LogP contribution < -0.4 is 5.32 Å². The summed E-state index contributed by atoms with van der Waals surface area (Å²) in [6.07, 6.45) is 2.25. The summed E-state index contributed by atoms with van der Waals surface area (Å²) in [6.45, 7) is 5.01. The summed E-state index contributed by atoms with van der Waals surface area (Å²) in [4.78, 5) is 16.8. The van der Waals surface area contributed by atoms with Gasteiger partial charge in [-0.3, -0.25) is 4.90 Å². The van der Waals surface area contributed by atoms with Gasteiger partial charge >= 0.3 is 6.03 Å². The van der Waals surface area contributed by atoms with Gasteiger partial charge in [-0.25, -0.2) is 13.2 Å². The number of hydrogen-bond donors (Lipinski definition) is 1. The molecular formula is C22H29ClN4O3S2. The van der Waals surface area contributed by atoms with E-state index in [1.165, 1.54) is 15.9 Å². The second-order valence-electron chi connectivity index (χ2n) is 8.36. The first-order chi connectivity index (χ1) is 15.4. The number of halogens is 1. The van der Waals surface area contributed by atoms with E-state index in [9.17, 15) is 13.2 Å². The van der Waals surface area contributed by atoms with Gasteiger partial charge in [0.05, 0.1) is 4.34 Å². The zero-order chi connectivity index (χ0) is 22.6. The Balaban J connectivity index is 1.22. The normalized spacial score (nSPS) is 20.9. The molecule has 1 unspecified atom stereocenters. The van der Waals surface area contributed by atoms with Crippen LogP contribution in [0.1, 0.15) is 18.4 Å². The van der Waals surface area contributed by atoms with Crippen LogP contribution in [-0.2, 0) is 16.6 Å². The molecular weight excluding hydrogens is 468 g/mol. The molecule has 7 nitrogen and oxygen atoms in total. The summed E-state index contributed by atoms with van der Waals surface area (Å²) in [5.41, 5.74) is 1.31. The van der Waals surface area contributed by atoms with Crippen molar-refractivity contribution in [3.05, 3.63) is 52.4 Å². The van der Waals surface area contributed by atoms with Crippen LogP contribution in [0.4, 0.5) is 4.79 Å². The SMILES string of the molecule is O=C(NCC1CCCN(Cc2ccccc2)C1)N1CCN(S(=O)(=O)c2ccc(Cl)s2)CC1. The summed E-state index contributed by atoms with van der Waals surface area (Å²) in [6, 6.07) is 13.5. The number of carbonyl (C=O) groups is 1. The van der Waals surface area contributed by atoms with E-state index in [1.807, 2.05) is 6.07 Å². The molecule has 1 aromatic heterocycles. The molecule has 10 heteroatoms. The molecule has 0 radical (unpaired) electrons. The van der Waals surface area contributed by atoms with Crippen LogP contribution >= 0.6 is 22.9 Å². The Morgan fingerprint density at radius 2 is 1.81 bits per heavy atom. The Morgan fingerprint density at radius 1 is 1.06 bits per heavy atom. The van der Waals surface area contributed by atoms with Crippen LogP contribution in [0, 0.1) is 5.92 Å². The van der Waals surface area contributed by atoms with Crippen molar-refractivity contribution in [1.29, 1.82) is 0 Å². The number of thiophene rings is 1. The first-order valence-corrected chi connectivity index (χ1v) is 13.6. The minimum atomic E-state index is -3.55. The standard InChI is InChI=1S/C22H29ClN4O3S2/c23-20-8-9-21(31-20)32(29,30)27-13-11-26(12-14-27)22(28)24-15-19-7-4-10-25(17-19)16-18-5-2-1-3-6-18/h1-3,5-6,8-9,19H,4,7,10-17H2,(H,24,28). The number of amides is 2. The summed E-state index contributed by atoms with van der Waals surface area (Å²) in [7, 11) is -3.55. The van der Waals surface area contributed by atoms with Crippen LogP contribution in [-0.4, -0.2) is 74.4 Å². The third kappa shape index (κ3) is 5.82. The van der Waals surface area contributed by atoms with Crippen molar-refractivity contribution in [2.75, 3.05) is 45.8 Å². The maximum Gasteiger partial charge on any atom is 0.317 e. The molecule has 0 spiro atoms. The number of nitrogens with one attached hydrogen (secondary N) is 1. The molecule has 0 bridgehead atoms. The fourth-order valence-electron chi connectivity index (χ4n) is 4.34. The maximum atomic E-state index is 12.7. The lowest BCUT2D eigenvalue weighted by Crippen LogP contribution is -2.53. The Bertz CT molecular complexity index is 1010. The minimum Gasteiger partial charge on any atom is -0.338 e. The second-order valence-corrected chi connectivity index (χ2v) is 12.2. The first kappa shape index (κ1) is 23.5. The molecule has 2 fully saturated rings. The lowest BCUT2D eigenvalue weighted by molar-refractivity contribution is 0.152. The third-order valence-electron chi connectivity index (χ3n) is 6.06. The average molecular weight is 497 g/mol. The number of likely N-dealkylation sites (tertiary alicyclic amines) is 1. The first-order valence-electron chi connectivity index (χ1n) is 11.0. The van der Waals surface area contributed by atoms with Gasteiger partial charge in [-0.05, 0) is 43.0 Å². The van der Waals surface area contributed by atoms with Crippen molar-refractivity contribution in [1.82, 2.24) is 19.4 Å². The average Bonchev–Trinajstić information content (AvgIpc) is 3.26. The molecule has 174 valence electrons. The Labute approximate surface area is 199 Å². The Kier molecular flexibility index (Phi) is 7.73. The van der Waals surface area contributed by atoms with E-state index in [-0.39, 0.29) is 10.2 Å². The maximum absolute atomic E-state index is 12.7. The highest BCUT2D eigenvalue weighted by Crippen LogP contribution is 2.28. The summed E-state index contributed by atoms with van der Waals surface area (Å²) >= 11 is 6.95. The highest BCUT2D eigenvalue weighted by Gasteiger charge is 2.31. The molecule has 32 heavy (non-hydrogen) atoms. The molecule has 4 rings (SSSR count). The topological polar surface area (TPSA) is 73.0 Å². The second kappa shape index (κ2) is 10.5. The predicted molar refractivity (Wildman–Crippen MR) is 128 cm³/mol. The lowest BCUT2D eigenvalue weighted by atomic mass is 9.97. The number of sulfonamides is 1. The van der Waals surface area contributed by atoms with Gasteiger partial charge in [0.25, 0.3) is 10.0 Å². The predicted octanol–water partition coefficient (Wildman–Crippen LogP) is 3.33. The van der Waals surface area contributed by atoms with E-state index >= 15 is 0 Å². The van der Waals surface area contributed by atoms with Crippen molar-refractivity contribution in [2.24, 2.45) is 5.92 Å². The van der Waals surface area contributed by atoms with Crippen molar-refractivity contribution in [2.45, 2.75) is 23.6 Å². The number of piperidine rings is 1. The molecule has 1 N–H and O–H groups in total. The van der Waals surface area contributed by atoms with E-state index in [0.29, 0.717) is 43.0 Å².